The molecular weight excluding hydrogens is 334 g/mol. The number of anilines is 1. The number of carbonyl (C=O) groups excluding carboxylic acids is 1. The zero-order valence-electron chi connectivity index (χ0n) is 12.0. The number of benzene rings is 1. The molecule has 8 heteroatoms. The predicted octanol–water partition coefficient (Wildman–Crippen LogP) is 2.52. The van der Waals surface area contributed by atoms with Crippen LogP contribution in [-0.2, 0) is 11.8 Å². The van der Waals surface area contributed by atoms with Crippen LogP contribution in [0.2, 0.25) is 0 Å². The van der Waals surface area contributed by atoms with Crippen LogP contribution in [0.1, 0.15) is 15.9 Å². The van der Waals surface area contributed by atoms with E-state index in [0.717, 1.165) is 5.56 Å². The average molecular weight is 345 g/mol. The molecule has 1 saturated heterocycles. The Labute approximate surface area is 141 Å². The van der Waals surface area contributed by atoms with E-state index >= 15 is 0 Å². The molecule has 1 fully saturated rings. The number of hydrogen-bond acceptors (Lipinski definition) is 5. The smallest absolute Gasteiger partial charge is 0.335 e. The second-order valence-electron chi connectivity index (χ2n) is 4.82. The Bertz CT molecular complexity index is 840. The van der Waals surface area contributed by atoms with Crippen molar-refractivity contribution in [3.8, 4) is 0 Å². The van der Waals surface area contributed by atoms with Crippen LogP contribution in [-0.4, -0.2) is 31.1 Å². The number of amides is 1. The van der Waals surface area contributed by atoms with Crippen LogP contribution in [0.5, 0.6) is 0 Å². The molecule has 23 heavy (non-hydrogen) atoms. The first-order chi connectivity index (χ1) is 11.0. The summed E-state index contributed by atoms with van der Waals surface area (Å²) in [6, 6.07) is 6.03. The lowest BCUT2D eigenvalue weighted by Gasteiger charge is -2.14. The Kier molecular flexibility index (Phi) is 4.01. The Morgan fingerprint density at radius 1 is 1.35 bits per heavy atom. The summed E-state index contributed by atoms with van der Waals surface area (Å²) in [4.78, 5) is 25.3. The normalized spacial score (nSPS) is 16.4. The van der Waals surface area contributed by atoms with Gasteiger partial charge in [0.05, 0.1) is 22.4 Å². The molecule has 2 heterocycles. The standard InChI is InChI=1S/C15H11N3O3S2/c1-17-8-9(7-16-17)6-12-13(19)18(15(22)23-12)11-4-2-10(3-5-11)14(20)21/h2-8H,1H3,(H,20,21)/b12-6-. The van der Waals surface area contributed by atoms with Gasteiger partial charge in [-0.25, -0.2) is 4.79 Å². The Morgan fingerprint density at radius 2 is 2.04 bits per heavy atom. The molecule has 0 bridgehead atoms. The van der Waals surface area contributed by atoms with Crippen molar-refractivity contribution in [1.29, 1.82) is 0 Å². The highest BCUT2D eigenvalue weighted by Gasteiger charge is 2.33. The molecule has 2 aromatic rings. The van der Waals surface area contributed by atoms with Gasteiger partial charge in [-0.1, -0.05) is 24.0 Å². The summed E-state index contributed by atoms with van der Waals surface area (Å²) < 4.78 is 2.06. The quantitative estimate of drug-likeness (QED) is 0.680. The van der Waals surface area contributed by atoms with Crippen molar-refractivity contribution in [2.75, 3.05) is 4.90 Å². The summed E-state index contributed by atoms with van der Waals surface area (Å²) in [6.07, 6.45) is 5.19. The van der Waals surface area contributed by atoms with Crippen molar-refractivity contribution < 1.29 is 14.7 Å². The number of aryl methyl sites for hydroxylation is 1. The number of rotatable bonds is 3. The number of carboxylic acids is 1. The maximum absolute atomic E-state index is 12.6. The van der Waals surface area contributed by atoms with Crippen LogP contribution in [0.3, 0.4) is 0 Å². The van der Waals surface area contributed by atoms with Crippen LogP contribution in [0.25, 0.3) is 6.08 Å². The molecule has 0 radical (unpaired) electrons. The third kappa shape index (κ3) is 3.03. The number of hydrogen-bond donors (Lipinski definition) is 1. The zero-order chi connectivity index (χ0) is 16.6. The molecule has 0 unspecified atom stereocenters. The lowest BCUT2D eigenvalue weighted by molar-refractivity contribution is -0.113. The molecule has 0 saturated carbocycles. The van der Waals surface area contributed by atoms with Crippen LogP contribution >= 0.6 is 24.0 Å². The van der Waals surface area contributed by atoms with Gasteiger partial charge in [0.2, 0.25) is 0 Å². The average Bonchev–Trinajstić information content (AvgIpc) is 3.03. The van der Waals surface area contributed by atoms with Gasteiger partial charge < -0.3 is 5.11 Å². The van der Waals surface area contributed by atoms with Crippen molar-refractivity contribution in [2.24, 2.45) is 7.05 Å². The minimum atomic E-state index is -1.02. The van der Waals surface area contributed by atoms with Crippen LogP contribution in [0.15, 0.2) is 41.6 Å². The van der Waals surface area contributed by atoms with Crippen molar-refractivity contribution >= 4 is 51.9 Å². The fourth-order valence-corrected chi connectivity index (χ4v) is 3.41. The van der Waals surface area contributed by atoms with Gasteiger partial charge in [-0.05, 0) is 30.3 Å². The van der Waals surface area contributed by atoms with Crippen molar-refractivity contribution in [3.63, 3.8) is 0 Å². The van der Waals surface area contributed by atoms with Gasteiger partial charge in [-0.3, -0.25) is 14.4 Å². The second kappa shape index (κ2) is 5.98. The molecule has 0 atom stereocenters. The highest BCUT2D eigenvalue weighted by molar-refractivity contribution is 8.27. The summed E-state index contributed by atoms with van der Waals surface area (Å²) in [7, 11) is 1.80. The Balaban J connectivity index is 1.89. The number of carboxylic acid groups (broad SMARTS) is 1. The van der Waals surface area contributed by atoms with Crippen LogP contribution in [0, 0.1) is 0 Å². The summed E-state index contributed by atoms with van der Waals surface area (Å²) in [5.41, 5.74) is 1.52. The molecular formula is C15H11N3O3S2. The summed E-state index contributed by atoms with van der Waals surface area (Å²) in [6.45, 7) is 0. The van der Waals surface area contributed by atoms with Crippen molar-refractivity contribution in [2.45, 2.75) is 0 Å². The largest absolute Gasteiger partial charge is 0.478 e. The maximum Gasteiger partial charge on any atom is 0.335 e. The molecule has 1 aliphatic heterocycles. The van der Waals surface area contributed by atoms with E-state index in [-0.39, 0.29) is 11.5 Å². The van der Waals surface area contributed by atoms with Crippen LogP contribution in [0.4, 0.5) is 5.69 Å². The number of thioether (sulfide) groups is 1. The SMILES string of the molecule is Cn1cc(/C=C2\SC(=S)N(c3ccc(C(=O)O)cc3)C2=O)cn1. The van der Waals surface area contributed by atoms with Crippen molar-refractivity contribution in [1.82, 2.24) is 9.78 Å². The third-order valence-corrected chi connectivity index (χ3v) is 4.49. The molecule has 6 nitrogen and oxygen atoms in total. The van der Waals surface area contributed by atoms with Gasteiger partial charge in [0.1, 0.15) is 0 Å². The molecule has 3 rings (SSSR count). The molecule has 1 amide bonds. The number of carbonyl (C=O) groups is 2. The minimum Gasteiger partial charge on any atom is -0.478 e. The van der Waals surface area contributed by atoms with E-state index in [1.165, 1.54) is 28.8 Å². The maximum atomic E-state index is 12.6. The van der Waals surface area contributed by atoms with Gasteiger partial charge in [-0.15, -0.1) is 0 Å². The van der Waals surface area contributed by atoms with E-state index in [9.17, 15) is 9.59 Å². The monoisotopic (exact) mass is 345 g/mol. The Morgan fingerprint density at radius 3 is 2.61 bits per heavy atom. The van der Waals surface area contributed by atoms with Gasteiger partial charge in [0.15, 0.2) is 4.32 Å². The first kappa shape index (κ1) is 15.4. The van der Waals surface area contributed by atoms with E-state index in [0.29, 0.717) is 14.9 Å². The first-order valence-corrected chi connectivity index (χ1v) is 7.78. The topological polar surface area (TPSA) is 75.4 Å². The van der Waals surface area contributed by atoms with Gasteiger partial charge >= 0.3 is 5.97 Å². The molecule has 1 N–H and O–H groups in total. The molecule has 1 aromatic heterocycles. The minimum absolute atomic E-state index is 0.157. The lowest BCUT2D eigenvalue weighted by atomic mass is 10.2. The lowest BCUT2D eigenvalue weighted by Crippen LogP contribution is -2.27. The first-order valence-electron chi connectivity index (χ1n) is 6.55. The predicted molar refractivity (Wildman–Crippen MR) is 92.3 cm³/mol. The highest BCUT2D eigenvalue weighted by atomic mass is 32.2. The fourth-order valence-electron chi connectivity index (χ4n) is 2.11. The molecule has 0 aliphatic carbocycles. The number of thiocarbonyl (C=S) groups is 1. The number of aromatic carboxylic acids is 1. The van der Waals surface area contributed by atoms with E-state index < -0.39 is 5.97 Å². The molecule has 1 aromatic carbocycles. The van der Waals surface area contributed by atoms with Gasteiger partial charge in [-0.2, -0.15) is 5.10 Å². The molecule has 1 aliphatic rings. The van der Waals surface area contributed by atoms with E-state index in [1.54, 1.807) is 42.3 Å². The third-order valence-electron chi connectivity index (χ3n) is 3.19. The van der Waals surface area contributed by atoms with Crippen LogP contribution < -0.4 is 4.90 Å². The Hall–Kier alpha value is -2.45. The summed E-state index contributed by atoms with van der Waals surface area (Å²) in [5.74, 6) is -1.25. The number of aromatic nitrogens is 2. The van der Waals surface area contributed by atoms with E-state index in [2.05, 4.69) is 5.10 Å². The summed E-state index contributed by atoms with van der Waals surface area (Å²) >= 11 is 6.48. The highest BCUT2D eigenvalue weighted by Crippen LogP contribution is 2.35. The molecule has 0 spiro atoms. The zero-order valence-corrected chi connectivity index (χ0v) is 13.6. The fraction of sp³-hybridized carbons (Fsp3) is 0.0667. The van der Waals surface area contributed by atoms with Crippen molar-refractivity contribution in [3.05, 3.63) is 52.7 Å². The summed E-state index contributed by atoms with van der Waals surface area (Å²) in [5, 5.41) is 13.0. The van der Waals surface area contributed by atoms with Gasteiger partial charge in [0.25, 0.3) is 5.91 Å². The molecule has 116 valence electrons. The van der Waals surface area contributed by atoms with E-state index in [1.807, 2.05) is 0 Å². The van der Waals surface area contributed by atoms with E-state index in [4.69, 9.17) is 17.3 Å². The van der Waals surface area contributed by atoms with Gasteiger partial charge in [0, 0.05) is 18.8 Å². The second-order valence-corrected chi connectivity index (χ2v) is 6.49. The number of nitrogens with zero attached hydrogens (tertiary/aromatic N) is 3.